The van der Waals surface area contributed by atoms with E-state index in [1.54, 1.807) is 0 Å². The van der Waals surface area contributed by atoms with Gasteiger partial charge in [0.25, 0.3) is 0 Å². The third kappa shape index (κ3) is 4.50. The number of carbonyl (C=O) groups is 2. The van der Waals surface area contributed by atoms with Crippen molar-refractivity contribution in [1.29, 1.82) is 0 Å². The normalized spacial score (nSPS) is 15.5. The predicted octanol–water partition coefficient (Wildman–Crippen LogP) is 3.29. The lowest BCUT2D eigenvalue weighted by atomic mass is 10.1. The molecule has 4 rings (SSSR count). The van der Waals surface area contributed by atoms with E-state index in [1.165, 1.54) is 12.1 Å². The third-order valence-electron chi connectivity index (χ3n) is 5.85. The van der Waals surface area contributed by atoms with Crippen molar-refractivity contribution in [3.05, 3.63) is 71.2 Å². The molecule has 0 amide bonds. The van der Waals surface area contributed by atoms with Crippen molar-refractivity contribution in [1.82, 2.24) is 14.4 Å². The maximum Gasteiger partial charge on any atom is 0.227 e. The summed E-state index contributed by atoms with van der Waals surface area (Å²) in [4.78, 5) is 27.9. The number of rotatable bonds is 7. The van der Waals surface area contributed by atoms with Gasteiger partial charge < -0.3 is 4.57 Å². The minimum absolute atomic E-state index is 0.200. The highest BCUT2D eigenvalue weighted by molar-refractivity contribution is 6.36. The van der Waals surface area contributed by atoms with E-state index < -0.39 is 5.78 Å². The molecule has 2 aromatic carbocycles. The second-order valence-corrected chi connectivity index (χ2v) is 7.98. The Morgan fingerprint density at radius 2 is 1.70 bits per heavy atom. The molecule has 1 aromatic heterocycles. The maximum absolute atomic E-state index is 13.1. The molecule has 0 bridgehead atoms. The number of Topliss-reactive ketones (excluding diaryl/α,β-unsaturated/α-hetero) is 1. The van der Waals surface area contributed by atoms with Crippen LogP contribution < -0.4 is 0 Å². The molecule has 2 heterocycles. The van der Waals surface area contributed by atoms with Gasteiger partial charge in [-0.2, -0.15) is 0 Å². The number of fused-ring (bicyclic) bond motifs is 1. The molecule has 0 unspecified atom stereocenters. The summed E-state index contributed by atoms with van der Waals surface area (Å²) in [7, 11) is 0. The molecule has 1 aliphatic heterocycles. The molecule has 0 saturated carbocycles. The zero-order chi connectivity index (χ0) is 21.1. The standard InChI is InChI=1S/C24H26FN3O2/c1-18-2-7-23-21(14-18)22(24(30)17-29)16-28(23)13-12-26-8-10-27(11-9-26)15-19-3-5-20(25)6-4-19/h2-7,14,16-17H,8-13,15H2,1H3. The fourth-order valence-electron chi connectivity index (χ4n) is 4.12. The van der Waals surface area contributed by atoms with E-state index in [0.717, 1.165) is 67.8 Å². The van der Waals surface area contributed by atoms with Crippen LogP contribution in [-0.4, -0.2) is 59.2 Å². The first kappa shape index (κ1) is 20.4. The summed E-state index contributed by atoms with van der Waals surface area (Å²) in [6.45, 7) is 8.36. The number of aryl methyl sites for hydroxylation is 1. The number of aldehydes is 1. The Hall–Kier alpha value is -2.83. The number of hydrogen-bond donors (Lipinski definition) is 0. The number of benzene rings is 2. The van der Waals surface area contributed by atoms with Gasteiger partial charge >= 0.3 is 0 Å². The Balaban J connectivity index is 1.36. The van der Waals surface area contributed by atoms with Crippen molar-refractivity contribution in [2.24, 2.45) is 0 Å². The van der Waals surface area contributed by atoms with Crippen LogP contribution in [-0.2, 0) is 17.9 Å². The lowest BCUT2D eigenvalue weighted by Gasteiger charge is -2.34. The summed E-state index contributed by atoms with van der Waals surface area (Å²) >= 11 is 0. The first-order valence-corrected chi connectivity index (χ1v) is 10.3. The zero-order valence-electron chi connectivity index (χ0n) is 17.2. The Kier molecular flexibility index (Phi) is 6.06. The highest BCUT2D eigenvalue weighted by atomic mass is 19.1. The minimum atomic E-state index is -0.473. The molecular formula is C24H26FN3O2. The molecule has 5 nitrogen and oxygen atoms in total. The van der Waals surface area contributed by atoms with Gasteiger partial charge in [-0.1, -0.05) is 23.8 Å². The SMILES string of the molecule is Cc1ccc2c(c1)c(C(=O)C=O)cn2CCN1CCN(Cc2ccc(F)cc2)CC1. The van der Waals surface area contributed by atoms with E-state index in [2.05, 4.69) is 14.4 Å². The summed E-state index contributed by atoms with van der Waals surface area (Å²) in [5, 5.41) is 0.844. The van der Waals surface area contributed by atoms with Gasteiger partial charge in [-0.25, -0.2) is 4.39 Å². The smallest absolute Gasteiger partial charge is 0.227 e. The van der Waals surface area contributed by atoms with Crippen molar-refractivity contribution in [3.63, 3.8) is 0 Å². The molecule has 0 aliphatic carbocycles. The van der Waals surface area contributed by atoms with Crippen molar-refractivity contribution in [3.8, 4) is 0 Å². The largest absolute Gasteiger partial charge is 0.345 e. The van der Waals surface area contributed by atoms with Crippen molar-refractivity contribution in [2.45, 2.75) is 20.0 Å². The first-order chi connectivity index (χ1) is 14.5. The molecule has 30 heavy (non-hydrogen) atoms. The molecule has 1 aliphatic rings. The van der Waals surface area contributed by atoms with E-state index in [-0.39, 0.29) is 5.82 Å². The highest BCUT2D eigenvalue weighted by Gasteiger charge is 2.18. The molecule has 3 aromatic rings. The average Bonchev–Trinajstić information content (AvgIpc) is 3.12. The fourth-order valence-corrected chi connectivity index (χ4v) is 4.12. The van der Waals surface area contributed by atoms with E-state index in [1.807, 2.05) is 43.5 Å². The molecule has 0 N–H and O–H groups in total. The molecule has 0 radical (unpaired) electrons. The number of hydrogen-bond acceptors (Lipinski definition) is 4. The van der Waals surface area contributed by atoms with Crippen LogP contribution in [0.15, 0.2) is 48.7 Å². The summed E-state index contributed by atoms with van der Waals surface area (Å²) < 4.78 is 15.1. The monoisotopic (exact) mass is 407 g/mol. The van der Waals surface area contributed by atoms with Gasteiger partial charge in [0.2, 0.25) is 5.78 Å². The fraction of sp³-hybridized carbons (Fsp3) is 0.333. The van der Waals surface area contributed by atoms with Gasteiger partial charge in [0, 0.05) is 62.9 Å². The van der Waals surface area contributed by atoms with E-state index >= 15 is 0 Å². The Bertz CT molecular complexity index is 1050. The first-order valence-electron chi connectivity index (χ1n) is 10.3. The zero-order valence-corrected chi connectivity index (χ0v) is 17.2. The Morgan fingerprint density at radius 1 is 1.00 bits per heavy atom. The summed E-state index contributed by atoms with van der Waals surface area (Å²) in [6.07, 6.45) is 2.20. The Labute approximate surface area is 175 Å². The van der Waals surface area contributed by atoms with Crippen LogP contribution >= 0.6 is 0 Å². The van der Waals surface area contributed by atoms with Crippen LogP contribution in [0.25, 0.3) is 10.9 Å². The molecular weight excluding hydrogens is 381 g/mol. The van der Waals surface area contributed by atoms with Crippen molar-refractivity contribution < 1.29 is 14.0 Å². The van der Waals surface area contributed by atoms with Gasteiger partial charge in [-0.3, -0.25) is 19.4 Å². The second kappa shape index (κ2) is 8.90. The molecule has 0 spiro atoms. The number of ketones is 1. The van der Waals surface area contributed by atoms with Crippen LogP contribution in [0.2, 0.25) is 0 Å². The number of carbonyl (C=O) groups excluding carboxylic acids is 2. The van der Waals surface area contributed by atoms with Gasteiger partial charge in [-0.05, 0) is 36.8 Å². The second-order valence-electron chi connectivity index (χ2n) is 7.98. The molecule has 1 saturated heterocycles. The minimum Gasteiger partial charge on any atom is -0.345 e. The lowest BCUT2D eigenvalue weighted by Crippen LogP contribution is -2.46. The number of aromatic nitrogens is 1. The number of halogens is 1. The van der Waals surface area contributed by atoms with Crippen molar-refractivity contribution >= 4 is 23.0 Å². The summed E-state index contributed by atoms with van der Waals surface area (Å²) in [5.74, 6) is -0.673. The van der Waals surface area contributed by atoms with Gasteiger partial charge in [-0.15, -0.1) is 0 Å². The van der Waals surface area contributed by atoms with Crippen molar-refractivity contribution in [2.75, 3.05) is 32.7 Å². The van der Waals surface area contributed by atoms with Gasteiger partial charge in [0.1, 0.15) is 5.82 Å². The van der Waals surface area contributed by atoms with Crippen LogP contribution in [0.4, 0.5) is 4.39 Å². The average molecular weight is 407 g/mol. The van der Waals surface area contributed by atoms with E-state index in [0.29, 0.717) is 11.8 Å². The number of nitrogens with zero attached hydrogens (tertiary/aromatic N) is 3. The summed E-state index contributed by atoms with van der Waals surface area (Å²) in [6, 6.07) is 12.7. The van der Waals surface area contributed by atoms with Crippen LogP contribution in [0.3, 0.4) is 0 Å². The maximum atomic E-state index is 13.1. The lowest BCUT2D eigenvalue weighted by molar-refractivity contribution is -0.104. The highest BCUT2D eigenvalue weighted by Crippen LogP contribution is 2.23. The van der Waals surface area contributed by atoms with Crippen LogP contribution in [0.5, 0.6) is 0 Å². The quantitative estimate of drug-likeness (QED) is 0.343. The van der Waals surface area contributed by atoms with Crippen LogP contribution in [0.1, 0.15) is 21.5 Å². The van der Waals surface area contributed by atoms with Gasteiger partial charge in [0.15, 0.2) is 6.29 Å². The number of piperazine rings is 1. The van der Waals surface area contributed by atoms with Gasteiger partial charge in [0.05, 0.1) is 5.56 Å². The Morgan fingerprint density at radius 3 is 2.40 bits per heavy atom. The van der Waals surface area contributed by atoms with Crippen LogP contribution in [0, 0.1) is 12.7 Å². The molecule has 156 valence electrons. The summed E-state index contributed by atoms with van der Waals surface area (Å²) in [5.41, 5.74) is 3.66. The molecule has 6 heteroatoms. The van der Waals surface area contributed by atoms with E-state index in [4.69, 9.17) is 0 Å². The molecule has 1 fully saturated rings. The predicted molar refractivity (Wildman–Crippen MR) is 115 cm³/mol. The topological polar surface area (TPSA) is 45.6 Å². The third-order valence-corrected chi connectivity index (χ3v) is 5.85. The molecule has 0 atom stereocenters. The van der Waals surface area contributed by atoms with E-state index in [9.17, 15) is 14.0 Å².